The summed E-state index contributed by atoms with van der Waals surface area (Å²) in [5.74, 6) is 0.824. The molecule has 1 aromatic heterocycles. The number of aryl methyl sites for hydroxylation is 2. The van der Waals surface area contributed by atoms with Crippen molar-refractivity contribution in [2.45, 2.75) is 57.4 Å². The van der Waals surface area contributed by atoms with Crippen LogP contribution in [0, 0.1) is 5.92 Å². The lowest BCUT2D eigenvalue weighted by atomic mass is 9.99. The number of rotatable bonds is 4. The van der Waals surface area contributed by atoms with Crippen molar-refractivity contribution < 1.29 is 9.53 Å². The summed E-state index contributed by atoms with van der Waals surface area (Å²) in [7, 11) is 0. The number of hydrogen-bond donors (Lipinski definition) is 1. The van der Waals surface area contributed by atoms with E-state index in [9.17, 15) is 4.79 Å². The van der Waals surface area contributed by atoms with Gasteiger partial charge in [0.2, 0.25) is 5.91 Å². The van der Waals surface area contributed by atoms with Crippen molar-refractivity contribution in [2.75, 3.05) is 31.6 Å². The number of aromatic nitrogens is 1. The van der Waals surface area contributed by atoms with Gasteiger partial charge in [0, 0.05) is 24.6 Å². The van der Waals surface area contributed by atoms with Crippen LogP contribution < -0.4 is 5.32 Å². The highest BCUT2D eigenvalue weighted by atomic mass is 32.1. The van der Waals surface area contributed by atoms with Gasteiger partial charge in [0.1, 0.15) is 0 Å². The zero-order valence-electron chi connectivity index (χ0n) is 14.3. The lowest BCUT2D eigenvalue weighted by molar-refractivity contribution is -0.120. The van der Waals surface area contributed by atoms with E-state index in [-0.39, 0.29) is 11.9 Å². The highest BCUT2D eigenvalue weighted by Gasteiger charge is 2.33. The number of ether oxygens (including phenoxy) is 1. The molecule has 1 aliphatic carbocycles. The largest absolute Gasteiger partial charge is 0.381 e. The Kier molecular flexibility index (Phi) is 5.15. The van der Waals surface area contributed by atoms with Gasteiger partial charge in [0.05, 0.1) is 11.7 Å². The Labute approximate surface area is 147 Å². The standard InChI is InChI=1S/C18H27N3O2S/c22-17(20-18-19-14-4-1-2-6-16(14)24-18)15-5-3-9-21(15)12-13-7-10-23-11-8-13/h13,15H,1-12H2,(H,19,20,22)/t15-/m0/s1. The van der Waals surface area contributed by atoms with Gasteiger partial charge < -0.3 is 10.1 Å². The zero-order valence-corrected chi connectivity index (χ0v) is 15.1. The topological polar surface area (TPSA) is 54.5 Å². The molecule has 0 bridgehead atoms. The van der Waals surface area contributed by atoms with E-state index in [1.807, 2.05) is 0 Å². The number of nitrogens with zero attached hydrogens (tertiary/aromatic N) is 2. The van der Waals surface area contributed by atoms with Crippen molar-refractivity contribution in [1.29, 1.82) is 0 Å². The maximum Gasteiger partial charge on any atom is 0.243 e. The van der Waals surface area contributed by atoms with Crippen LogP contribution in [0.3, 0.4) is 0 Å². The average Bonchev–Trinajstić information content (AvgIpc) is 3.21. The Bertz CT molecular complexity index is 559. The first-order valence-corrected chi connectivity index (χ1v) is 10.2. The van der Waals surface area contributed by atoms with E-state index in [1.165, 1.54) is 23.4 Å². The Balaban J connectivity index is 1.36. The molecular weight excluding hydrogens is 322 g/mol. The number of fused-ring (bicyclic) bond motifs is 1. The Hall–Kier alpha value is -0.980. The van der Waals surface area contributed by atoms with E-state index in [0.717, 1.165) is 70.0 Å². The van der Waals surface area contributed by atoms with Crippen molar-refractivity contribution in [1.82, 2.24) is 9.88 Å². The number of thiazole rings is 1. The van der Waals surface area contributed by atoms with Crippen LogP contribution in [-0.4, -0.2) is 48.1 Å². The first kappa shape index (κ1) is 16.5. The predicted molar refractivity (Wildman–Crippen MR) is 95.5 cm³/mol. The van der Waals surface area contributed by atoms with Gasteiger partial charge in [-0.3, -0.25) is 9.69 Å². The molecule has 1 aromatic rings. The fourth-order valence-corrected chi connectivity index (χ4v) is 5.25. The van der Waals surface area contributed by atoms with Crippen LogP contribution in [0.2, 0.25) is 0 Å². The molecular formula is C18H27N3O2S. The number of nitrogens with one attached hydrogen (secondary N) is 1. The maximum absolute atomic E-state index is 12.8. The molecule has 3 heterocycles. The number of carbonyl (C=O) groups is 1. The smallest absolute Gasteiger partial charge is 0.243 e. The summed E-state index contributed by atoms with van der Waals surface area (Å²) in [4.78, 5) is 21.2. The van der Waals surface area contributed by atoms with Gasteiger partial charge in [-0.25, -0.2) is 4.98 Å². The zero-order chi connectivity index (χ0) is 16.4. The van der Waals surface area contributed by atoms with Gasteiger partial charge in [-0.15, -0.1) is 11.3 Å². The summed E-state index contributed by atoms with van der Waals surface area (Å²) >= 11 is 1.68. The minimum Gasteiger partial charge on any atom is -0.381 e. The third-order valence-electron chi connectivity index (χ3n) is 5.58. The fourth-order valence-electron chi connectivity index (χ4n) is 4.20. The van der Waals surface area contributed by atoms with E-state index in [2.05, 4.69) is 15.2 Å². The molecule has 0 radical (unpaired) electrons. The highest BCUT2D eigenvalue weighted by molar-refractivity contribution is 7.15. The molecule has 1 amide bonds. The molecule has 2 fully saturated rings. The van der Waals surface area contributed by atoms with Crippen LogP contribution in [0.25, 0.3) is 0 Å². The second kappa shape index (κ2) is 7.50. The van der Waals surface area contributed by atoms with Crippen LogP contribution in [-0.2, 0) is 22.4 Å². The minimum atomic E-state index is 0.0220. The number of hydrogen-bond acceptors (Lipinski definition) is 5. The van der Waals surface area contributed by atoms with Crippen LogP contribution in [0.15, 0.2) is 0 Å². The maximum atomic E-state index is 12.8. The SMILES string of the molecule is O=C(Nc1nc2c(s1)CCCC2)[C@@H]1CCCN1CC1CCOCC1. The first-order valence-electron chi connectivity index (χ1n) is 9.41. The summed E-state index contributed by atoms with van der Waals surface area (Å²) in [6, 6.07) is 0.0220. The second-order valence-electron chi connectivity index (χ2n) is 7.29. The summed E-state index contributed by atoms with van der Waals surface area (Å²) < 4.78 is 5.45. The Morgan fingerprint density at radius 3 is 2.88 bits per heavy atom. The molecule has 0 saturated carbocycles. The van der Waals surface area contributed by atoms with E-state index in [1.54, 1.807) is 11.3 Å². The predicted octanol–water partition coefficient (Wildman–Crippen LogP) is 2.85. The summed E-state index contributed by atoms with van der Waals surface area (Å²) in [5, 5.41) is 3.92. The Morgan fingerprint density at radius 1 is 1.21 bits per heavy atom. The van der Waals surface area contributed by atoms with E-state index < -0.39 is 0 Å². The van der Waals surface area contributed by atoms with Gasteiger partial charge in [0.15, 0.2) is 5.13 Å². The van der Waals surface area contributed by atoms with Crippen molar-refractivity contribution in [3.05, 3.63) is 10.6 Å². The number of carbonyl (C=O) groups excluding carboxylic acids is 1. The summed E-state index contributed by atoms with van der Waals surface area (Å²) in [5.41, 5.74) is 1.21. The van der Waals surface area contributed by atoms with Crippen molar-refractivity contribution in [3.63, 3.8) is 0 Å². The molecule has 1 N–H and O–H groups in total. The third kappa shape index (κ3) is 3.65. The minimum absolute atomic E-state index is 0.0220. The van der Waals surface area contributed by atoms with E-state index in [0.29, 0.717) is 5.92 Å². The van der Waals surface area contributed by atoms with E-state index in [4.69, 9.17) is 4.74 Å². The summed E-state index contributed by atoms with van der Waals surface area (Å²) in [6.45, 7) is 3.83. The lowest BCUT2D eigenvalue weighted by Crippen LogP contribution is -2.42. The van der Waals surface area contributed by atoms with Crippen molar-refractivity contribution in [3.8, 4) is 0 Å². The van der Waals surface area contributed by atoms with Crippen LogP contribution in [0.1, 0.15) is 49.1 Å². The van der Waals surface area contributed by atoms with Crippen molar-refractivity contribution >= 4 is 22.4 Å². The van der Waals surface area contributed by atoms with Crippen LogP contribution in [0.4, 0.5) is 5.13 Å². The molecule has 0 spiro atoms. The van der Waals surface area contributed by atoms with Crippen LogP contribution >= 0.6 is 11.3 Å². The van der Waals surface area contributed by atoms with Crippen LogP contribution in [0.5, 0.6) is 0 Å². The highest BCUT2D eigenvalue weighted by Crippen LogP contribution is 2.30. The lowest BCUT2D eigenvalue weighted by Gasteiger charge is -2.30. The molecule has 6 heteroatoms. The molecule has 3 aliphatic rings. The van der Waals surface area contributed by atoms with E-state index >= 15 is 0 Å². The molecule has 24 heavy (non-hydrogen) atoms. The monoisotopic (exact) mass is 349 g/mol. The molecule has 132 valence electrons. The molecule has 4 rings (SSSR count). The number of likely N-dealkylation sites (tertiary alicyclic amines) is 1. The number of anilines is 1. The quantitative estimate of drug-likeness (QED) is 0.908. The number of amides is 1. The molecule has 0 unspecified atom stereocenters. The van der Waals surface area contributed by atoms with Gasteiger partial charge in [0.25, 0.3) is 0 Å². The molecule has 2 saturated heterocycles. The summed E-state index contributed by atoms with van der Waals surface area (Å²) in [6.07, 6.45) is 9.03. The van der Waals surface area contributed by atoms with Gasteiger partial charge >= 0.3 is 0 Å². The molecule has 0 aromatic carbocycles. The van der Waals surface area contributed by atoms with Gasteiger partial charge in [-0.05, 0) is 63.8 Å². The third-order valence-corrected chi connectivity index (χ3v) is 6.65. The normalized spacial score (nSPS) is 25.6. The Morgan fingerprint density at radius 2 is 2.04 bits per heavy atom. The molecule has 2 aliphatic heterocycles. The molecule has 5 nitrogen and oxygen atoms in total. The fraction of sp³-hybridized carbons (Fsp3) is 0.778. The first-order chi connectivity index (χ1) is 11.8. The average molecular weight is 350 g/mol. The second-order valence-corrected chi connectivity index (χ2v) is 8.38. The molecule has 1 atom stereocenters. The van der Waals surface area contributed by atoms with Gasteiger partial charge in [-0.1, -0.05) is 0 Å². The van der Waals surface area contributed by atoms with Crippen molar-refractivity contribution in [2.24, 2.45) is 5.92 Å². The van der Waals surface area contributed by atoms with Gasteiger partial charge in [-0.2, -0.15) is 0 Å².